The lowest BCUT2D eigenvalue weighted by Crippen LogP contribution is -2.25. The lowest BCUT2D eigenvalue weighted by molar-refractivity contribution is -0.115. The van der Waals surface area contributed by atoms with Crippen LogP contribution in [0.1, 0.15) is 44.4 Å². The van der Waals surface area contributed by atoms with Gasteiger partial charge in [0.1, 0.15) is 5.76 Å². The topological polar surface area (TPSA) is 73.0 Å². The monoisotopic (exact) mass is 384 g/mol. The van der Waals surface area contributed by atoms with Gasteiger partial charge in [0.25, 0.3) is 0 Å². The fourth-order valence-corrected chi connectivity index (χ4v) is 3.82. The number of carbonyl (C=O) groups excluding carboxylic acids is 1. The molecule has 0 fully saturated rings. The van der Waals surface area contributed by atoms with Gasteiger partial charge in [-0.25, -0.2) is 4.98 Å². The van der Waals surface area contributed by atoms with Gasteiger partial charge in [0.05, 0.1) is 10.9 Å². The second kappa shape index (κ2) is 8.43. The van der Waals surface area contributed by atoms with E-state index >= 15 is 0 Å². The molecule has 0 bridgehead atoms. The highest BCUT2D eigenvalue weighted by Gasteiger charge is 2.22. The molecule has 0 aliphatic carbocycles. The second-order valence-electron chi connectivity index (χ2n) is 6.62. The third-order valence-electron chi connectivity index (χ3n) is 4.22. The Bertz CT molecular complexity index is 916. The van der Waals surface area contributed by atoms with E-state index in [4.69, 9.17) is 4.52 Å². The predicted molar refractivity (Wildman–Crippen MR) is 107 cm³/mol. The molecule has 7 heteroatoms. The van der Waals surface area contributed by atoms with Crippen molar-refractivity contribution in [1.82, 2.24) is 14.7 Å². The largest absolute Gasteiger partial charge is 0.360 e. The van der Waals surface area contributed by atoms with Gasteiger partial charge >= 0.3 is 0 Å². The van der Waals surface area contributed by atoms with Gasteiger partial charge in [0, 0.05) is 18.5 Å². The first-order chi connectivity index (χ1) is 13.0. The van der Waals surface area contributed by atoms with Crippen molar-refractivity contribution in [1.29, 1.82) is 0 Å². The minimum Gasteiger partial charge on any atom is -0.360 e. The molecule has 1 atom stereocenters. The number of amides is 1. The number of carbonyl (C=O) groups is 1. The number of anilines is 1. The number of para-hydroxylation sites is 1. The summed E-state index contributed by atoms with van der Waals surface area (Å²) in [6, 6.07) is 9.98. The van der Waals surface area contributed by atoms with Crippen molar-refractivity contribution < 1.29 is 9.32 Å². The van der Waals surface area contributed by atoms with E-state index in [2.05, 4.69) is 46.0 Å². The van der Waals surface area contributed by atoms with Crippen LogP contribution in [0.15, 0.2) is 52.4 Å². The van der Waals surface area contributed by atoms with Crippen molar-refractivity contribution in [2.24, 2.45) is 0 Å². The van der Waals surface area contributed by atoms with E-state index in [1.54, 1.807) is 19.2 Å². The van der Waals surface area contributed by atoms with Crippen molar-refractivity contribution in [2.45, 2.75) is 50.4 Å². The molecule has 2 heterocycles. The Balaban J connectivity index is 1.82. The number of nitrogens with one attached hydrogen (secondary N) is 1. The highest BCUT2D eigenvalue weighted by Crippen LogP contribution is 2.30. The number of hydrogen-bond donors (Lipinski definition) is 1. The first-order valence-corrected chi connectivity index (χ1v) is 9.91. The number of aromatic nitrogens is 3. The molecule has 3 aromatic rings. The molecule has 1 amide bonds. The Kier molecular flexibility index (Phi) is 6.01. The number of nitrogens with zero attached hydrogens (tertiary/aromatic N) is 3. The van der Waals surface area contributed by atoms with Gasteiger partial charge < -0.3 is 9.84 Å². The van der Waals surface area contributed by atoms with Gasteiger partial charge in [-0.3, -0.25) is 9.36 Å². The van der Waals surface area contributed by atoms with Crippen molar-refractivity contribution >= 4 is 23.5 Å². The van der Waals surface area contributed by atoms with E-state index in [-0.39, 0.29) is 11.2 Å². The average molecular weight is 385 g/mol. The van der Waals surface area contributed by atoms with E-state index in [0.717, 1.165) is 10.8 Å². The molecular formula is C20H24N4O2S. The Morgan fingerprint density at radius 2 is 2.11 bits per heavy atom. The molecule has 27 heavy (non-hydrogen) atoms. The summed E-state index contributed by atoms with van der Waals surface area (Å²) in [7, 11) is 0. The van der Waals surface area contributed by atoms with E-state index in [1.165, 1.54) is 17.3 Å². The van der Waals surface area contributed by atoms with E-state index in [1.807, 2.05) is 25.3 Å². The maximum Gasteiger partial charge on any atom is 0.239 e. The zero-order valence-corrected chi connectivity index (χ0v) is 16.8. The molecule has 0 aliphatic rings. The number of imidazole rings is 1. The molecular weight excluding hydrogens is 360 g/mol. The molecule has 0 radical (unpaired) electrons. The van der Waals surface area contributed by atoms with Crippen LogP contribution >= 0.6 is 11.8 Å². The van der Waals surface area contributed by atoms with E-state index in [9.17, 15) is 4.79 Å². The van der Waals surface area contributed by atoms with Crippen LogP contribution in [0.2, 0.25) is 0 Å². The summed E-state index contributed by atoms with van der Waals surface area (Å²) in [6.07, 6.45) is 4.38. The van der Waals surface area contributed by atoms with Gasteiger partial charge in [0.2, 0.25) is 5.91 Å². The highest BCUT2D eigenvalue weighted by molar-refractivity contribution is 8.00. The van der Waals surface area contributed by atoms with E-state index in [0.29, 0.717) is 23.9 Å². The molecule has 1 unspecified atom stereocenters. The maximum atomic E-state index is 12.7. The molecule has 142 valence electrons. The van der Waals surface area contributed by atoms with Gasteiger partial charge in [-0.05, 0) is 30.9 Å². The minimum absolute atomic E-state index is 0.109. The lowest BCUT2D eigenvalue weighted by atomic mass is 10.0. The molecule has 0 aliphatic heterocycles. The third kappa shape index (κ3) is 4.42. The van der Waals surface area contributed by atoms with E-state index < -0.39 is 0 Å². The Hall–Kier alpha value is -2.54. The molecule has 0 saturated heterocycles. The Morgan fingerprint density at radius 1 is 1.33 bits per heavy atom. The zero-order chi connectivity index (χ0) is 19.4. The van der Waals surface area contributed by atoms with Crippen LogP contribution in [0.4, 0.5) is 5.82 Å². The van der Waals surface area contributed by atoms with Gasteiger partial charge in [-0.1, -0.05) is 55.9 Å². The van der Waals surface area contributed by atoms with Gasteiger partial charge in [0.15, 0.2) is 11.0 Å². The quantitative estimate of drug-likeness (QED) is 0.592. The molecule has 0 spiro atoms. The summed E-state index contributed by atoms with van der Waals surface area (Å²) in [4.78, 5) is 17.1. The standard InChI is InChI=1S/C20H24N4O2S/c1-5-17(19(25)22-18-12-14(4)26-23-18)27-20-21-10-11-24(20)16-9-7-6-8-15(16)13(2)3/h6-13,17H,5H2,1-4H3,(H,22,23,25). The summed E-state index contributed by atoms with van der Waals surface area (Å²) < 4.78 is 7.06. The SMILES string of the molecule is CCC(Sc1nccn1-c1ccccc1C(C)C)C(=O)Nc1cc(C)on1. The summed E-state index contributed by atoms with van der Waals surface area (Å²) in [5.41, 5.74) is 2.34. The normalized spacial score (nSPS) is 12.3. The van der Waals surface area contributed by atoms with Crippen LogP contribution in [0, 0.1) is 6.92 Å². The van der Waals surface area contributed by atoms with Crippen molar-refractivity contribution in [3.8, 4) is 5.69 Å². The summed E-state index contributed by atoms with van der Waals surface area (Å²) in [5, 5.41) is 7.15. The Morgan fingerprint density at radius 3 is 2.78 bits per heavy atom. The molecule has 0 saturated carbocycles. The Labute approximate surface area is 163 Å². The van der Waals surface area contributed by atoms with Crippen LogP contribution in [-0.4, -0.2) is 25.9 Å². The minimum atomic E-state index is -0.283. The number of benzene rings is 1. The van der Waals surface area contributed by atoms with Crippen LogP contribution in [0.3, 0.4) is 0 Å². The summed E-state index contributed by atoms with van der Waals surface area (Å²) in [6.45, 7) is 8.12. The number of aryl methyl sites for hydroxylation is 1. The number of hydrogen-bond acceptors (Lipinski definition) is 5. The average Bonchev–Trinajstić information content (AvgIpc) is 3.28. The molecule has 3 rings (SSSR count). The van der Waals surface area contributed by atoms with Crippen LogP contribution < -0.4 is 5.32 Å². The molecule has 2 aromatic heterocycles. The van der Waals surface area contributed by atoms with Crippen molar-refractivity contribution in [2.75, 3.05) is 5.32 Å². The van der Waals surface area contributed by atoms with Crippen LogP contribution in [-0.2, 0) is 4.79 Å². The molecule has 1 aromatic carbocycles. The lowest BCUT2D eigenvalue weighted by Gasteiger charge is -2.17. The van der Waals surface area contributed by atoms with Crippen molar-refractivity contribution in [3.05, 3.63) is 54.0 Å². The van der Waals surface area contributed by atoms with Crippen LogP contribution in [0.5, 0.6) is 0 Å². The smallest absolute Gasteiger partial charge is 0.239 e. The zero-order valence-electron chi connectivity index (χ0n) is 16.0. The highest BCUT2D eigenvalue weighted by atomic mass is 32.2. The third-order valence-corrected chi connectivity index (χ3v) is 5.56. The van der Waals surface area contributed by atoms with Gasteiger partial charge in [-0.15, -0.1) is 0 Å². The number of thioether (sulfide) groups is 1. The molecule has 1 N–H and O–H groups in total. The van der Waals surface area contributed by atoms with Crippen LogP contribution in [0.25, 0.3) is 5.69 Å². The maximum absolute atomic E-state index is 12.7. The van der Waals surface area contributed by atoms with Gasteiger partial charge in [-0.2, -0.15) is 0 Å². The first-order valence-electron chi connectivity index (χ1n) is 9.03. The summed E-state index contributed by atoms with van der Waals surface area (Å²) in [5.74, 6) is 1.38. The second-order valence-corrected chi connectivity index (χ2v) is 7.79. The fraction of sp³-hybridized carbons (Fsp3) is 0.350. The fourth-order valence-electron chi connectivity index (χ4n) is 2.84. The van der Waals surface area contributed by atoms with Crippen molar-refractivity contribution in [3.63, 3.8) is 0 Å². The summed E-state index contributed by atoms with van der Waals surface area (Å²) >= 11 is 1.45. The number of rotatable bonds is 7. The predicted octanol–water partition coefficient (Wildman–Crippen LogP) is 4.80. The first kappa shape index (κ1) is 19.2. The molecule has 6 nitrogen and oxygen atoms in total.